The SMILES string of the molecule is Cc1cccc(S(=O)(=O)N2C[C@H](N(C)C(=O)O)Cc3ncc(NC(=O)c4c(Cl)cccc4Cl)cc32)c1. The number of rotatable bonds is 5. The number of sulfonamides is 1. The van der Waals surface area contributed by atoms with Crippen molar-refractivity contribution in [3.05, 3.63) is 81.6 Å². The number of amides is 2. The van der Waals surface area contributed by atoms with Gasteiger partial charge < -0.3 is 15.3 Å². The van der Waals surface area contributed by atoms with Crippen molar-refractivity contribution in [3.8, 4) is 0 Å². The van der Waals surface area contributed by atoms with Crippen LogP contribution in [-0.2, 0) is 16.4 Å². The first-order chi connectivity index (χ1) is 17.0. The third-order valence-corrected chi connectivity index (χ3v) is 8.30. The highest BCUT2D eigenvalue weighted by Crippen LogP contribution is 2.35. The summed E-state index contributed by atoms with van der Waals surface area (Å²) in [6.45, 7) is 1.65. The van der Waals surface area contributed by atoms with E-state index in [1.165, 1.54) is 43.6 Å². The molecular weight excluding hydrogens is 527 g/mol. The number of likely N-dealkylation sites (N-methyl/N-ethyl adjacent to an activating group) is 1. The molecule has 1 aromatic heterocycles. The van der Waals surface area contributed by atoms with Gasteiger partial charge in [0.05, 0.1) is 56.4 Å². The molecule has 36 heavy (non-hydrogen) atoms. The summed E-state index contributed by atoms with van der Waals surface area (Å²) >= 11 is 12.3. The number of carboxylic acid groups (broad SMARTS) is 1. The molecule has 3 aromatic rings. The molecule has 0 unspecified atom stereocenters. The molecule has 4 rings (SSSR count). The van der Waals surface area contributed by atoms with Gasteiger partial charge in [0.1, 0.15) is 0 Å². The van der Waals surface area contributed by atoms with E-state index in [9.17, 15) is 23.1 Å². The second-order valence-corrected chi connectivity index (χ2v) is 11.0. The van der Waals surface area contributed by atoms with E-state index in [0.29, 0.717) is 5.69 Å². The first-order valence-corrected chi connectivity index (χ1v) is 13.0. The molecule has 0 spiro atoms. The van der Waals surface area contributed by atoms with Crippen molar-refractivity contribution in [1.29, 1.82) is 0 Å². The molecule has 0 saturated heterocycles. The molecule has 2 amide bonds. The number of carbonyl (C=O) groups excluding carboxylic acids is 1. The number of hydrogen-bond donors (Lipinski definition) is 2. The molecule has 1 atom stereocenters. The van der Waals surface area contributed by atoms with Gasteiger partial charge in [-0.1, -0.05) is 41.4 Å². The first kappa shape index (κ1) is 25.7. The Kier molecular flexibility index (Phi) is 7.12. The van der Waals surface area contributed by atoms with Crippen molar-refractivity contribution < 1.29 is 23.1 Å². The number of fused-ring (bicyclic) bond motifs is 1. The summed E-state index contributed by atoms with van der Waals surface area (Å²) < 4.78 is 28.5. The Labute approximate surface area is 218 Å². The van der Waals surface area contributed by atoms with Crippen LogP contribution in [-0.4, -0.2) is 55.0 Å². The minimum Gasteiger partial charge on any atom is -0.465 e. The third-order valence-electron chi connectivity index (χ3n) is 5.90. The van der Waals surface area contributed by atoms with E-state index in [4.69, 9.17) is 23.2 Å². The van der Waals surface area contributed by atoms with Crippen molar-refractivity contribution in [2.45, 2.75) is 24.3 Å². The lowest BCUT2D eigenvalue weighted by Crippen LogP contribution is -2.50. The fourth-order valence-electron chi connectivity index (χ4n) is 3.96. The second-order valence-electron chi connectivity index (χ2n) is 8.34. The van der Waals surface area contributed by atoms with Crippen LogP contribution in [0.1, 0.15) is 21.6 Å². The fourth-order valence-corrected chi connectivity index (χ4v) is 6.15. The van der Waals surface area contributed by atoms with Crippen LogP contribution < -0.4 is 9.62 Å². The van der Waals surface area contributed by atoms with E-state index in [0.717, 1.165) is 14.8 Å². The molecule has 1 aliphatic rings. The lowest BCUT2D eigenvalue weighted by molar-refractivity contribution is 0.102. The van der Waals surface area contributed by atoms with Gasteiger partial charge in [-0.15, -0.1) is 0 Å². The maximum Gasteiger partial charge on any atom is 0.407 e. The number of nitrogens with zero attached hydrogens (tertiary/aromatic N) is 3. The molecule has 0 radical (unpaired) electrons. The predicted octanol–water partition coefficient (Wildman–Crippen LogP) is 4.68. The maximum atomic E-state index is 13.7. The molecule has 0 bridgehead atoms. The number of carbonyl (C=O) groups is 2. The Balaban J connectivity index is 1.76. The number of benzene rings is 2. The van der Waals surface area contributed by atoms with Crippen molar-refractivity contribution >= 4 is 56.6 Å². The highest BCUT2D eigenvalue weighted by atomic mass is 35.5. The van der Waals surface area contributed by atoms with E-state index >= 15 is 0 Å². The zero-order valence-corrected chi connectivity index (χ0v) is 21.6. The molecule has 12 heteroatoms. The molecular formula is C24H22Cl2N4O5S. The van der Waals surface area contributed by atoms with Crippen LogP contribution >= 0.6 is 23.2 Å². The van der Waals surface area contributed by atoms with Crippen molar-refractivity contribution in [2.75, 3.05) is 23.2 Å². The van der Waals surface area contributed by atoms with Crippen LogP contribution in [0, 0.1) is 6.92 Å². The van der Waals surface area contributed by atoms with Gasteiger partial charge in [-0.2, -0.15) is 0 Å². The van der Waals surface area contributed by atoms with Crippen LogP contribution in [0.2, 0.25) is 10.0 Å². The number of anilines is 2. The third kappa shape index (κ3) is 4.97. The second kappa shape index (κ2) is 9.96. The van der Waals surface area contributed by atoms with Crippen molar-refractivity contribution in [3.63, 3.8) is 0 Å². The Bertz CT molecular complexity index is 1440. The van der Waals surface area contributed by atoms with Gasteiger partial charge in [-0.3, -0.25) is 14.1 Å². The summed E-state index contributed by atoms with van der Waals surface area (Å²) in [7, 11) is -2.70. The van der Waals surface area contributed by atoms with Crippen molar-refractivity contribution in [2.24, 2.45) is 0 Å². The summed E-state index contributed by atoms with van der Waals surface area (Å²) in [5.41, 5.74) is 1.68. The summed E-state index contributed by atoms with van der Waals surface area (Å²) in [5, 5.41) is 12.5. The number of hydrogen-bond acceptors (Lipinski definition) is 5. The topological polar surface area (TPSA) is 120 Å². The standard InChI is InChI=1S/C24H22Cl2N4O5S/c1-14-5-3-6-17(9-14)36(34,35)30-13-16(29(2)24(32)33)11-20-21(30)10-15(12-27-20)28-23(31)22-18(25)7-4-8-19(22)26/h3-10,12,16H,11,13H2,1-2H3,(H,28,31)(H,32,33)/t16-/m1/s1. The maximum absolute atomic E-state index is 13.7. The monoisotopic (exact) mass is 548 g/mol. The van der Waals surface area contributed by atoms with E-state index in [-0.39, 0.29) is 44.8 Å². The number of halogens is 2. The highest BCUT2D eigenvalue weighted by Gasteiger charge is 2.37. The number of pyridine rings is 1. The molecule has 0 fully saturated rings. The van der Waals surface area contributed by atoms with Gasteiger partial charge in [0.15, 0.2) is 0 Å². The molecule has 1 aliphatic heterocycles. The minimum absolute atomic E-state index is 0.0596. The molecule has 0 aliphatic carbocycles. The molecule has 2 N–H and O–H groups in total. The number of aromatic nitrogens is 1. The van der Waals surface area contributed by atoms with E-state index in [1.807, 2.05) is 0 Å². The molecule has 2 heterocycles. The summed E-state index contributed by atoms with van der Waals surface area (Å²) in [5.74, 6) is -0.584. The number of aryl methyl sites for hydroxylation is 1. The van der Waals surface area contributed by atoms with Gasteiger partial charge >= 0.3 is 6.09 Å². The summed E-state index contributed by atoms with van der Waals surface area (Å²) in [6, 6.07) is 11.9. The molecule has 2 aromatic carbocycles. The average Bonchev–Trinajstić information content (AvgIpc) is 2.82. The lowest BCUT2D eigenvalue weighted by atomic mass is 10.0. The lowest BCUT2D eigenvalue weighted by Gasteiger charge is -2.37. The van der Waals surface area contributed by atoms with Crippen LogP contribution in [0.25, 0.3) is 0 Å². The Morgan fingerprint density at radius 3 is 2.44 bits per heavy atom. The van der Waals surface area contributed by atoms with Gasteiger partial charge in [0.25, 0.3) is 15.9 Å². The molecule has 0 saturated carbocycles. The quantitative estimate of drug-likeness (QED) is 0.477. The van der Waals surface area contributed by atoms with Crippen LogP contribution in [0.3, 0.4) is 0 Å². The highest BCUT2D eigenvalue weighted by molar-refractivity contribution is 7.92. The normalized spacial score (nSPS) is 15.2. The fraction of sp³-hybridized carbons (Fsp3) is 0.208. The van der Waals surface area contributed by atoms with Gasteiger partial charge in [-0.25, -0.2) is 13.2 Å². The molecule has 188 valence electrons. The van der Waals surface area contributed by atoms with Crippen LogP contribution in [0.4, 0.5) is 16.2 Å². The predicted molar refractivity (Wildman–Crippen MR) is 138 cm³/mol. The largest absolute Gasteiger partial charge is 0.465 e. The van der Waals surface area contributed by atoms with Gasteiger partial charge in [0.2, 0.25) is 0 Å². The van der Waals surface area contributed by atoms with Crippen LogP contribution in [0.15, 0.2) is 59.6 Å². The zero-order chi connectivity index (χ0) is 26.2. The first-order valence-electron chi connectivity index (χ1n) is 10.8. The van der Waals surface area contributed by atoms with E-state index in [1.54, 1.807) is 25.1 Å². The summed E-state index contributed by atoms with van der Waals surface area (Å²) in [6.07, 6.45) is 0.391. The van der Waals surface area contributed by atoms with Gasteiger partial charge in [0, 0.05) is 13.5 Å². The van der Waals surface area contributed by atoms with Gasteiger partial charge in [-0.05, 0) is 42.8 Å². The molecule has 9 nitrogen and oxygen atoms in total. The van der Waals surface area contributed by atoms with E-state index < -0.39 is 28.1 Å². The Morgan fingerprint density at radius 1 is 1.14 bits per heavy atom. The smallest absolute Gasteiger partial charge is 0.407 e. The average molecular weight is 549 g/mol. The van der Waals surface area contributed by atoms with Crippen LogP contribution in [0.5, 0.6) is 0 Å². The van der Waals surface area contributed by atoms with Crippen molar-refractivity contribution in [1.82, 2.24) is 9.88 Å². The van der Waals surface area contributed by atoms with E-state index in [2.05, 4.69) is 10.3 Å². The summed E-state index contributed by atoms with van der Waals surface area (Å²) in [4.78, 5) is 30.0. The number of nitrogens with one attached hydrogen (secondary N) is 1. The minimum atomic E-state index is -4.08. The Hall–Kier alpha value is -3.34. The zero-order valence-electron chi connectivity index (χ0n) is 19.3. The Morgan fingerprint density at radius 2 is 1.81 bits per heavy atom.